The van der Waals surface area contributed by atoms with Crippen molar-refractivity contribution in [2.24, 2.45) is 4.99 Å². The molecule has 4 N–H and O–H groups in total. The Balaban J connectivity index is 0.00000541. The van der Waals surface area contributed by atoms with Crippen LogP contribution in [0.5, 0.6) is 12.0 Å². The second-order valence-electron chi connectivity index (χ2n) is 9.82. The van der Waals surface area contributed by atoms with Crippen molar-refractivity contribution < 1.29 is 151 Å². The van der Waals surface area contributed by atoms with E-state index in [1.807, 2.05) is 0 Å². The fraction of sp³-hybridized carbons (Fsp3) is 0.250. The molecule has 2 heterocycles. The third-order valence-corrected chi connectivity index (χ3v) is 8.41. The van der Waals surface area contributed by atoms with Gasteiger partial charge in [0.2, 0.25) is 17.8 Å². The summed E-state index contributed by atoms with van der Waals surface area (Å²) >= 11 is 1.20. The summed E-state index contributed by atoms with van der Waals surface area (Å²) in [6, 6.07) is 8.43. The van der Waals surface area contributed by atoms with E-state index >= 15 is 0 Å². The first kappa shape index (κ1) is 53.2. The number of aliphatic imine (C=N–C) groups is 1. The van der Waals surface area contributed by atoms with Crippen LogP contribution in [0.4, 0.5) is 35.2 Å². The number of benzene rings is 2. The van der Waals surface area contributed by atoms with E-state index in [-0.39, 0.29) is 168 Å². The zero-order valence-corrected chi connectivity index (χ0v) is 39.4. The van der Waals surface area contributed by atoms with Crippen molar-refractivity contribution in [1.29, 1.82) is 0 Å². The van der Waals surface area contributed by atoms with Gasteiger partial charge >= 0.3 is 101 Å². The number of anilines is 5. The normalized spacial score (nSPS) is 11.1. The average Bonchev–Trinajstić information content (AvgIpc) is 3.16. The van der Waals surface area contributed by atoms with Crippen LogP contribution in [-0.4, -0.2) is 106 Å². The molecule has 23 nitrogen and oxygen atoms in total. The maximum Gasteiger partial charge on any atom is 1.00 e. The molecule has 0 aliphatic heterocycles. The number of nitrogens with zero attached hydrogens (tertiary/aromatic N) is 8. The average molecular weight is 879 g/mol. The van der Waals surface area contributed by atoms with Crippen LogP contribution in [0.3, 0.4) is 0 Å². The van der Waals surface area contributed by atoms with Crippen molar-refractivity contribution in [3.8, 4) is 12.0 Å². The summed E-state index contributed by atoms with van der Waals surface area (Å²) in [4.78, 5) is 30.0. The predicted octanol–water partition coefficient (Wildman–Crippen LogP) is -8.76. The minimum absolute atomic E-state index is 0. The Morgan fingerprint density at radius 2 is 1.39 bits per heavy atom. The zero-order valence-electron chi connectivity index (χ0n) is 30.9. The molecule has 57 heavy (non-hydrogen) atoms. The number of hydrogen-bond donors (Lipinski definition) is 4. The first-order chi connectivity index (χ1) is 26.1. The number of ether oxygens (including phenoxy) is 2. The van der Waals surface area contributed by atoms with E-state index in [4.69, 9.17) is 9.47 Å². The van der Waals surface area contributed by atoms with Gasteiger partial charge in [-0.05, 0) is 35.4 Å². The van der Waals surface area contributed by atoms with Crippen LogP contribution in [-0.2, 0) is 28.9 Å². The van der Waals surface area contributed by atoms with Crippen LogP contribution >= 0.6 is 24.1 Å². The molecule has 0 saturated carbocycles. The van der Waals surface area contributed by atoms with Gasteiger partial charge in [-0.1, -0.05) is 24.3 Å². The van der Waals surface area contributed by atoms with Gasteiger partial charge in [0.25, 0.3) is 5.95 Å². The monoisotopic (exact) mass is 878 g/mol. The second kappa shape index (κ2) is 27.8. The SMILES string of the molecule is COc1nc(/N=C/CSOO[O-])nc(Nc2ccc(/C=C/c3ccc(Nc4nc(OC)nc(N(CCO)CCO)n4)cc3SOO[O-])c(S(=O)(=O)[O-])c2)n1.[Na+].[Na+].[Na+]. The van der Waals surface area contributed by atoms with Gasteiger partial charge in [-0.25, -0.2) is 13.4 Å². The van der Waals surface area contributed by atoms with Crippen LogP contribution in [0.1, 0.15) is 11.1 Å². The van der Waals surface area contributed by atoms with Crippen molar-refractivity contribution in [1.82, 2.24) is 29.9 Å². The van der Waals surface area contributed by atoms with E-state index in [1.165, 1.54) is 55.7 Å². The molecular formula is C28H29N10Na3O13S3. The molecule has 29 heteroatoms. The Bertz CT molecular complexity index is 2030. The number of aliphatic hydroxyl groups is 2. The Labute approximate surface area is 400 Å². The molecule has 4 rings (SSSR count). The largest absolute Gasteiger partial charge is 1.00 e. The van der Waals surface area contributed by atoms with Gasteiger partial charge in [0.15, 0.2) is 0 Å². The van der Waals surface area contributed by atoms with Gasteiger partial charge in [0.05, 0.1) is 50.1 Å². The molecule has 0 aliphatic rings. The number of nitrogens with one attached hydrogen (secondary N) is 2. The number of hydrogen-bond acceptors (Lipinski definition) is 25. The quantitative estimate of drug-likeness (QED) is 0.00832. The standard InChI is InChI=1S/C28H32N10O13S3.3Na/c1-46-27-34-23(29-9-14-52-50-48-41)32-24(35-27)31-20-8-6-18(22(16-20)54(43,44)45)4-3-17-5-7-19(15-21(17)53-51-49-42)30-25-33-26(37-28(36-25)47-2)38(10-12-39)11-13-40;;;/h3-9,15-16,39-42H,10-14H2,1-2H3,(H,43,44,45)(H,30,33,36,37)(H,31,32,34,35);;;/q;3*+1/p-3/b4-3+,29-9+;;;. The number of methoxy groups -OCH3 is 2. The van der Waals surface area contributed by atoms with Gasteiger partial charge in [-0.2, -0.15) is 38.6 Å². The van der Waals surface area contributed by atoms with Crippen molar-refractivity contribution in [3.05, 3.63) is 47.5 Å². The molecule has 290 valence electrons. The topological polar surface area (TPSA) is 316 Å². The molecule has 4 aromatic rings. The van der Waals surface area contributed by atoms with E-state index < -0.39 is 15.0 Å². The van der Waals surface area contributed by atoms with Crippen molar-refractivity contribution in [2.75, 3.05) is 61.8 Å². The van der Waals surface area contributed by atoms with Gasteiger partial charge < -0.3 is 50.3 Å². The summed E-state index contributed by atoms with van der Waals surface area (Å²) in [5.74, 6) is 0.0514. The molecule has 0 amide bonds. The van der Waals surface area contributed by atoms with Crippen LogP contribution in [0.2, 0.25) is 0 Å². The zero-order chi connectivity index (χ0) is 38.9. The predicted molar refractivity (Wildman–Crippen MR) is 186 cm³/mol. The van der Waals surface area contributed by atoms with Crippen LogP contribution in [0, 0.1) is 0 Å². The molecule has 0 unspecified atom stereocenters. The molecule has 0 atom stereocenters. The van der Waals surface area contributed by atoms with Gasteiger partial charge in [-0.3, -0.25) is 10.1 Å². The Morgan fingerprint density at radius 3 is 1.98 bits per heavy atom. The van der Waals surface area contributed by atoms with Crippen molar-refractivity contribution >= 4 is 87.7 Å². The maximum atomic E-state index is 12.4. The van der Waals surface area contributed by atoms with Crippen molar-refractivity contribution in [3.63, 3.8) is 0 Å². The molecule has 2 aromatic heterocycles. The van der Waals surface area contributed by atoms with Crippen molar-refractivity contribution in [2.45, 2.75) is 9.79 Å². The summed E-state index contributed by atoms with van der Waals surface area (Å²) in [5.41, 5.74) is 0.919. The third-order valence-electron chi connectivity index (χ3n) is 6.42. The minimum Gasteiger partial charge on any atom is -0.744 e. The Kier molecular flexibility index (Phi) is 26.0. The van der Waals surface area contributed by atoms with Gasteiger partial charge in [0.1, 0.15) is 10.1 Å². The van der Waals surface area contributed by atoms with Crippen LogP contribution in [0.15, 0.2) is 51.2 Å². The number of rotatable bonds is 22. The minimum atomic E-state index is -5.03. The summed E-state index contributed by atoms with van der Waals surface area (Å²) < 4.78 is 56.0. The number of aromatic nitrogens is 6. The summed E-state index contributed by atoms with van der Waals surface area (Å²) in [5, 5.41) is 51.9. The fourth-order valence-corrected chi connectivity index (χ4v) is 5.65. The van der Waals surface area contributed by atoms with Crippen LogP contribution < -0.4 is 124 Å². The molecular weight excluding hydrogens is 850 g/mol. The van der Waals surface area contributed by atoms with Crippen LogP contribution in [0.25, 0.3) is 12.2 Å². The third kappa shape index (κ3) is 17.3. The smallest absolute Gasteiger partial charge is 0.744 e. The summed E-state index contributed by atoms with van der Waals surface area (Å²) in [6.07, 6.45) is 4.14. The van der Waals surface area contributed by atoms with E-state index in [1.54, 1.807) is 12.1 Å². The molecule has 2 aromatic carbocycles. The Hall–Kier alpha value is -1.84. The first-order valence-electron chi connectivity index (χ1n) is 14.9. The Morgan fingerprint density at radius 1 is 0.807 bits per heavy atom. The summed E-state index contributed by atoms with van der Waals surface area (Å²) in [6.45, 7) is -0.212. The first-order valence-corrected chi connectivity index (χ1v) is 17.9. The van der Waals surface area contributed by atoms with E-state index in [0.29, 0.717) is 40.2 Å². The van der Waals surface area contributed by atoms with E-state index in [9.17, 15) is 33.7 Å². The van der Waals surface area contributed by atoms with Gasteiger partial charge in [0, 0.05) is 47.6 Å². The van der Waals surface area contributed by atoms with Gasteiger partial charge in [-0.15, -0.1) is 0 Å². The molecule has 0 saturated heterocycles. The van der Waals surface area contributed by atoms with E-state index in [2.05, 4.69) is 64.3 Å². The molecule has 0 bridgehead atoms. The molecule has 0 radical (unpaired) electrons. The molecule has 0 fully saturated rings. The van der Waals surface area contributed by atoms with E-state index in [0.717, 1.165) is 6.07 Å². The fourth-order valence-electron chi connectivity index (χ4n) is 4.21. The second-order valence-corrected chi connectivity index (χ2v) is 12.6. The summed E-state index contributed by atoms with van der Waals surface area (Å²) in [7, 11) is -2.38. The maximum absolute atomic E-state index is 12.4. The number of aliphatic hydroxyl groups excluding tert-OH is 2. The molecule has 0 spiro atoms. The molecule has 0 aliphatic carbocycles.